The fraction of sp³-hybridized carbons (Fsp3) is 0.833. The molecule has 0 aromatic carbocycles. The quantitative estimate of drug-likeness (QED) is 0.448. The maximum Gasteiger partial charge on any atom is 0.333 e. The van der Waals surface area contributed by atoms with Gasteiger partial charge in [-0.05, 0) is 25.7 Å². The summed E-state index contributed by atoms with van der Waals surface area (Å²) in [6.45, 7) is 14.5. The molecule has 3 rings (SSSR count). The monoisotopic (exact) mass is 437 g/mol. The number of hydrogen-bond donors (Lipinski definition) is 0. The molecule has 0 aromatic rings. The Labute approximate surface area is 186 Å². The van der Waals surface area contributed by atoms with Crippen molar-refractivity contribution in [3.63, 3.8) is 0 Å². The molecule has 2 heterocycles. The second-order valence-corrected chi connectivity index (χ2v) is 10.0. The summed E-state index contributed by atoms with van der Waals surface area (Å²) >= 11 is 0. The minimum atomic E-state index is -0.771. The van der Waals surface area contributed by atoms with E-state index in [1.54, 1.807) is 6.92 Å². The molecule has 2 fully saturated rings. The van der Waals surface area contributed by atoms with E-state index >= 15 is 0 Å². The highest BCUT2D eigenvalue weighted by Gasteiger charge is 2.51. The molecular weight excluding hydrogens is 398 g/mol. The minimum absolute atomic E-state index is 0.0119. The molecule has 0 unspecified atom stereocenters. The first kappa shape index (κ1) is 24.4. The van der Waals surface area contributed by atoms with Crippen LogP contribution in [0, 0.1) is 22.7 Å². The van der Waals surface area contributed by atoms with Crippen LogP contribution in [0.4, 0.5) is 0 Å². The van der Waals surface area contributed by atoms with E-state index in [0.717, 1.165) is 25.8 Å². The molecule has 0 N–H and O–H groups in total. The van der Waals surface area contributed by atoms with Gasteiger partial charge in [-0.15, -0.1) is 0 Å². The largest absolute Gasteiger partial charge is 0.463 e. The number of hydrogen-bond acceptors (Lipinski definition) is 7. The molecule has 7 nitrogen and oxygen atoms in total. The summed E-state index contributed by atoms with van der Waals surface area (Å²) in [6, 6.07) is -0.0119. The molecule has 0 bridgehead atoms. The first-order valence-corrected chi connectivity index (χ1v) is 11.7. The van der Waals surface area contributed by atoms with E-state index in [4.69, 9.17) is 18.9 Å². The number of morpholine rings is 1. The molecule has 176 valence electrons. The van der Waals surface area contributed by atoms with Crippen molar-refractivity contribution < 1.29 is 28.5 Å². The molecule has 0 amide bonds. The molecule has 3 aliphatic rings. The van der Waals surface area contributed by atoms with E-state index in [1.165, 1.54) is 0 Å². The Bertz CT molecular complexity index is 661. The van der Waals surface area contributed by atoms with Crippen LogP contribution in [0.25, 0.3) is 0 Å². The van der Waals surface area contributed by atoms with E-state index in [-0.39, 0.29) is 35.6 Å². The van der Waals surface area contributed by atoms with Gasteiger partial charge in [-0.1, -0.05) is 33.3 Å². The van der Waals surface area contributed by atoms with Gasteiger partial charge in [0, 0.05) is 36.5 Å². The lowest BCUT2D eigenvalue weighted by Gasteiger charge is -2.51. The van der Waals surface area contributed by atoms with Gasteiger partial charge < -0.3 is 23.7 Å². The Morgan fingerprint density at radius 1 is 1.19 bits per heavy atom. The van der Waals surface area contributed by atoms with Crippen molar-refractivity contribution >= 4 is 12.3 Å². The van der Waals surface area contributed by atoms with Gasteiger partial charge >= 0.3 is 5.97 Å². The second kappa shape index (κ2) is 10.1. The minimum Gasteiger partial charge on any atom is -0.463 e. The summed E-state index contributed by atoms with van der Waals surface area (Å²) in [7, 11) is 0. The number of carbonyl (C=O) groups excluding carboxylic acids is 2. The van der Waals surface area contributed by atoms with Gasteiger partial charge in [-0.25, -0.2) is 4.79 Å². The van der Waals surface area contributed by atoms with Crippen LogP contribution >= 0.6 is 0 Å². The van der Waals surface area contributed by atoms with Crippen molar-refractivity contribution in [1.82, 2.24) is 4.90 Å². The highest BCUT2D eigenvalue weighted by Crippen LogP contribution is 2.47. The third kappa shape index (κ3) is 5.38. The number of rotatable bonds is 7. The van der Waals surface area contributed by atoms with Gasteiger partial charge in [0.05, 0.1) is 38.4 Å². The van der Waals surface area contributed by atoms with Crippen molar-refractivity contribution in [3.05, 3.63) is 11.6 Å². The van der Waals surface area contributed by atoms with E-state index < -0.39 is 5.41 Å². The molecule has 1 aliphatic carbocycles. The highest BCUT2D eigenvalue weighted by molar-refractivity contribution is 5.90. The smallest absolute Gasteiger partial charge is 0.333 e. The molecule has 0 radical (unpaired) electrons. The molecule has 7 heteroatoms. The summed E-state index contributed by atoms with van der Waals surface area (Å²) < 4.78 is 23.0. The zero-order valence-corrected chi connectivity index (χ0v) is 19.7. The van der Waals surface area contributed by atoms with Crippen LogP contribution in [0.1, 0.15) is 47.5 Å². The molecule has 4 atom stereocenters. The SMILES string of the molecule is CCOC(=O)C1=C[C@](C)(C=O)[C@H](N2CCOCC2)[C@@H](CC)[C@@H]1CC1OCC(C)(C)CO1. The lowest BCUT2D eigenvalue weighted by molar-refractivity contribution is -0.229. The number of ether oxygens (including phenoxy) is 4. The number of esters is 1. The summed E-state index contributed by atoms with van der Waals surface area (Å²) in [5.41, 5.74) is -0.198. The average molecular weight is 438 g/mol. The summed E-state index contributed by atoms with van der Waals surface area (Å²) in [4.78, 5) is 27.7. The van der Waals surface area contributed by atoms with Crippen molar-refractivity contribution in [3.8, 4) is 0 Å². The number of aldehydes is 1. The second-order valence-electron chi connectivity index (χ2n) is 10.0. The van der Waals surface area contributed by atoms with Crippen LogP contribution in [-0.4, -0.2) is 75.6 Å². The third-order valence-corrected chi connectivity index (χ3v) is 6.87. The third-order valence-electron chi connectivity index (χ3n) is 6.87. The predicted octanol–water partition coefficient (Wildman–Crippen LogP) is 2.83. The first-order chi connectivity index (χ1) is 14.7. The maximum atomic E-state index is 13.0. The van der Waals surface area contributed by atoms with Crippen molar-refractivity contribution in [1.29, 1.82) is 0 Å². The normalized spacial score (nSPS) is 34.7. The lowest BCUT2D eigenvalue weighted by Crippen LogP contribution is -2.59. The van der Waals surface area contributed by atoms with E-state index in [1.807, 2.05) is 13.0 Å². The Hall–Kier alpha value is -1.28. The van der Waals surface area contributed by atoms with Gasteiger partial charge in [0.15, 0.2) is 6.29 Å². The van der Waals surface area contributed by atoms with Crippen LogP contribution in [0.15, 0.2) is 11.6 Å². The molecular formula is C24H39NO6. The summed E-state index contributed by atoms with van der Waals surface area (Å²) in [5, 5.41) is 0. The number of carbonyl (C=O) groups is 2. The van der Waals surface area contributed by atoms with Crippen molar-refractivity contribution in [2.45, 2.75) is 59.8 Å². The Balaban J connectivity index is 1.95. The van der Waals surface area contributed by atoms with Gasteiger partial charge in [0.1, 0.15) is 6.29 Å². The Morgan fingerprint density at radius 2 is 1.84 bits per heavy atom. The van der Waals surface area contributed by atoms with Gasteiger partial charge in [-0.2, -0.15) is 0 Å². The average Bonchev–Trinajstić information content (AvgIpc) is 2.76. The Morgan fingerprint density at radius 3 is 2.39 bits per heavy atom. The van der Waals surface area contributed by atoms with Crippen LogP contribution in [0.2, 0.25) is 0 Å². The van der Waals surface area contributed by atoms with E-state index in [2.05, 4.69) is 25.7 Å². The van der Waals surface area contributed by atoms with Gasteiger partial charge in [0.25, 0.3) is 0 Å². The van der Waals surface area contributed by atoms with Crippen LogP contribution in [0.3, 0.4) is 0 Å². The lowest BCUT2D eigenvalue weighted by atomic mass is 9.62. The zero-order valence-electron chi connectivity index (χ0n) is 19.7. The molecule has 0 spiro atoms. The molecule has 31 heavy (non-hydrogen) atoms. The molecule has 0 aromatic heterocycles. The van der Waals surface area contributed by atoms with Gasteiger partial charge in [-0.3, -0.25) is 4.90 Å². The van der Waals surface area contributed by atoms with Gasteiger partial charge in [0.2, 0.25) is 0 Å². The van der Waals surface area contributed by atoms with Crippen LogP contribution < -0.4 is 0 Å². The molecule has 0 saturated carbocycles. The standard InChI is InChI=1S/C24H39NO6/c1-6-17-18(12-20-30-15-23(3,4)16-31-20)19(22(27)29-7-2)13-24(5,14-26)21(17)25-8-10-28-11-9-25/h13-14,17-18,20-21H,6-12,15-16H2,1-5H3/t17-,18-,21+,24+/m0/s1. The summed E-state index contributed by atoms with van der Waals surface area (Å²) in [6.07, 6.45) is 3.92. The van der Waals surface area contributed by atoms with E-state index in [9.17, 15) is 9.59 Å². The van der Waals surface area contributed by atoms with E-state index in [0.29, 0.717) is 45.0 Å². The van der Waals surface area contributed by atoms with Crippen LogP contribution in [-0.2, 0) is 28.5 Å². The topological polar surface area (TPSA) is 74.3 Å². The predicted molar refractivity (Wildman–Crippen MR) is 116 cm³/mol. The number of nitrogens with zero attached hydrogens (tertiary/aromatic N) is 1. The zero-order chi connectivity index (χ0) is 22.6. The summed E-state index contributed by atoms with van der Waals surface area (Å²) in [5.74, 6) is -0.341. The van der Waals surface area contributed by atoms with Crippen molar-refractivity contribution in [2.75, 3.05) is 46.1 Å². The fourth-order valence-corrected chi connectivity index (χ4v) is 5.37. The Kier molecular flexibility index (Phi) is 7.95. The van der Waals surface area contributed by atoms with Crippen LogP contribution in [0.5, 0.6) is 0 Å². The first-order valence-electron chi connectivity index (χ1n) is 11.7. The fourth-order valence-electron chi connectivity index (χ4n) is 5.37. The molecule has 2 saturated heterocycles. The highest BCUT2D eigenvalue weighted by atomic mass is 16.7. The maximum absolute atomic E-state index is 13.0. The molecule has 2 aliphatic heterocycles. The van der Waals surface area contributed by atoms with Crippen molar-refractivity contribution in [2.24, 2.45) is 22.7 Å².